The summed E-state index contributed by atoms with van der Waals surface area (Å²) in [4.78, 5) is 50.2. The molecule has 0 radical (unpaired) electrons. The number of rotatable bonds is 24. The van der Waals surface area contributed by atoms with E-state index in [2.05, 4.69) is 26.3 Å². The number of aliphatic hydroxyl groups excluding tert-OH is 1. The largest absolute Gasteiger partial charge is 0.460 e. The summed E-state index contributed by atoms with van der Waals surface area (Å²) in [6.45, 7) is 12.1. The summed E-state index contributed by atoms with van der Waals surface area (Å²) in [5, 5.41) is 12.7. The topological polar surface area (TPSA) is 171 Å². The molecule has 2 heterocycles. The Bertz CT molecular complexity index is 1760. The smallest absolute Gasteiger partial charge is 0.308 e. The van der Waals surface area contributed by atoms with Crippen LogP contribution in [0.15, 0.2) is 54.9 Å². The monoisotopic (exact) mass is 805 g/mol. The molecule has 1 aromatic heterocycles. The number of amides is 2. The molecule has 0 unspecified atom stereocenters. The van der Waals surface area contributed by atoms with Crippen molar-refractivity contribution in [3.05, 3.63) is 66.0 Å². The van der Waals surface area contributed by atoms with Gasteiger partial charge in [0.15, 0.2) is 0 Å². The zero-order valence-corrected chi connectivity index (χ0v) is 34.3. The van der Waals surface area contributed by atoms with Gasteiger partial charge in [0.25, 0.3) is 0 Å². The van der Waals surface area contributed by atoms with E-state index < -0.39 is 5.60 Å². The highest BCUT2D eigenvalue weighted by molar-refractivity contribution is 5.98. The van der Waals surface area contributed by atoms with Gasteiger partial charge in [-0.1, -0.05) is 30.3 Å². The highest BCUT2D eigenvalue weighted by atomic mass is 16.6. The predicted molar refractivity (Wildman–Crippen MR) is 218 cm³/mol. The van der Waals surface area contributed by atoms with Crippen LogP contribution >= 0.6 is 0 Å². The van der Waals surface area contributed by atoms with Gasteiger partial charge < -0.3 is 43.3 Å². The van der Waals surface area contributed by atoms with Gasteiger partial charge >= 0.3 is 5.97 Å². The van der Waals surface area contributed by atoms with Crippen LogP contribution in [0.25, 0.3) is 11.1 Å². The number of aromatic nitrogens is 2. The van der Waals surface area contributed by atoms with Gasteiger partial charge in [0.05, 0.1) is 103 Å². The van der Waals surface area contributed by atoms with Crippen LogP contribution in [-0.4, -0.2) is 117 Å². The fourth-order valence-corrected chi connectivity index (χ4v) is 6.63. The molecule has 2 amide bonds. The molecule has 1 fully saturated rings. The number of aliphatic hydroxyl groups is 1. The van der Waals surface area contributed by atoms with Crippen molar-refractivity contribution < 1.29 is 47.9 Å². The number of ether oxygens (including phenoxy) is 6. The maximum absolute atomic E-state index is 13.0. The number of fused-ring (bicyclic) bond motifs is 1. The lowest BCUT2D eigenvalue weighted by Crippen LogP contribution is -2.52. The van der Waals surface area contributed by atoms with Crippen molar-refractivity contribution >= 4 is 35.1 Å². The number of nitrogens with one attached hydrogen (secondary N) is 1. The Morgan fingerprint density at radius 1 is 0.759 bits per heavy atom. The van der Waals surface area contributed by atoms with Crippen molar-refractivity contribution in [2.75, 3.05) is 87.7 Å². The minimum absolute atomic E-state index is 0.0261. The number of nitrogens with zero attached hydrogens (tertiary/aromatic N) is 4. The zero-order chi connectivity index (χ0) is 41.3. The molecule has 3 aromatic rings. The molecule has 2 N–H and O–H groups in total. The SMILES string of the molecule is CC(=O)N1c2ccc(-c3cnc(NC(=O)CCOCCOCCOCCOCCOCCC(=O)OC(C)(C)C)nc3)cc2N(Cc2ccccc2CO)C[C@@H]1C1CC1. The van der Waals surface area contributed by atoms with Crippen LogP contribution in [0.3, 0.4) is 0 Å². The van der Waals surface area contributed by atoms with E-state index in [0.29, 0.717) is 78.5 Å². The van der Waals surface area contributed by atoms with Gasteiger partial charge in [-0.3, -0.25) is 19.7 Å². The lowest BCUT2D eigenvalue weighted by Gasteiger charge is -2.44. The maximum Gasteiger partial charge on any atom is 0.308 e. The van der Waals surface area contributed by atoms with E-state index in [-0.39, 0.29) is 55.8 Å². The van der Waals surface area contributed by atoms with Crippen LogP contribution < -0.4 is 15.1 Å². The van der Waals surface area contributed by atoms with Gasteiger partial charge in [-0.25, -0.2) is 9.97 Å². The standard InChI is InChI=1S/C43H59N5O10/c1-31(50)48-37-12-11-33(25-38(37)47(29-39(48)32-9-10-32)28-34-7-5-6-8-35(34)30-49)36-26-44-42(45-27-36)46-40(51)13-15-53-17-19-55-21-23-57-24-22-56-20-18-54-16-14-41(52)58-43(2,3)4/h5-8,11-12,25-27,32,39,49H,9-10,13-24,28-30H2,1-4H3,(H,44,45,46,51)/t39-/m1/s1. The van der Waals surface area contributed by atoms with E-state index in [1.54, 1.807) is 19.3 Å². The minimum Gasteiger partial charge on any atom is -0.460 e. The fraction of sp³-hybridized carbons (Fsp3) is 0.558. The van der Waals surface area contributed by atoms with E-state index in [0.717, 1.165) is 46.5 Å². The molecule has 58 heavy (non-hydrogen) atoms. The molecule has 5 rings (SSSR count). The Balaban J connectivity index is 0.966. The molecule has 1 aliphatic carbocycles. The Labute approximate surface area is 341 Å². The third-order valence-electron chi connectivity index (χ3n) is 9.54. The third-order valence-corrected chi connectivity index (χ3v) is 9.54. The van der Waals surface area contributed by atoms with Gasteiger partial charge in [0.1, 0.15) is 5.60 Å². The van der Waals surface area contributed by atoms with Gasteiger partial charge in [-0.15, -0.1) is 0 Å². The van der Waals surface area contributed by atoms with E-state index in [1.165, 1.54) is 0 Å². The van der Waals surface area contributed by atoms with Crippen molar-refractivity contribution in [1.82, 2.24) is 9.97 Å². The molecular formula is C43H59N5O10. The van der Waals surface area contributed by atoms with Crippen LogP contribution in [0.5, 0.6) is 0 Å². The lowest BCUT2D eigenvalue weighted by molar-refractivity contribution is -0.156. The first kappa shape index (κ1) is 44.6. The second kappa shape index (κ2) is 22.6. The van der Waals surface area contributed by atoms with E-state index >= 15 is 0 Å². The zero-order valence-electron chi connectivity index (χ0n) is 34.3. The van der Waals surface area contributed by atoms with E-state index in [9.17, 15) is 19.5 Å². The summed E-state index contributed by atoms with van der Waals surface area (Å²) in [5.41, 5.74) is 4.90. The molecule has 0 spiro atoms. The maximum atomic E-state index is 13.0. The second-order valence-electron chi connectivity index (χ2n) is 15.3. The second-order valence-corrected chi connectivity index (χ2v) is 15.3. The van der Waals surface area contributed by atoms with Crippen molar-refractivity contribution in [2.24, 2.45) is 5.92 Å². The van der Waals surface area contributed by atoms with Gasteiger partial charge in [0, 0.05) is 38.0 Å². The van der Waals surface area contributed by atoms with Gasteiger partial charge in [-0.05, 0) is 68.4 Å². The predicted octanol–water partition coefficient (Wildman–Crippen LogP) is 4.93. The van der Waals surface area contributed by atoms with Crippen molar-refractivity contribution in [3.63, 3.8) is 0 Å². The summed E-state index contributed by atoms with van der Waals surface area (Å²) < 4.78 is 32.6. The average Bonchev–Trinajstić information content (AvgIpc) is 4.04. The number of carbonyl (C=O) groups excluding carboxylic acids is 3. The summed E-state index contributed by atoms with van der Waals surface area (Å²) >= 11 is 0. The summed E-state index contributed by atoms with van der Waals surface area (Å²) in [6.07, 6.45) is 5.92. The Hall–Kier alpha value is -4.51. The number of hydrogen-bond donors (Lipinski definition) is 2. The Kier molecular flexibility index (Phi) is 17.4. The van der Waals surface area contributed by atoms with Crippen LogP contribution in [0.4, 0.5) is 17.3 Å². The van der Waals surface area contributed by atoms with Crippen molar-refractivity contribution in [1.29, 1.82) is 0 Å². The van der Waals surface area contributed by atoms with Crippen molar-refractivity contribution in [2.45, 2.75) is 78.2 Å². The molecule has 15 heteroatoms. The molecular weight excluding hydrogens is 746 g/mol. The first-order chi connectivity index (χ1) is 28.0. The number of hydrogen-bond acceptors (Lipinski definition) is 13. The van der Waals surface area contributed by atoms with Crippen molar-refractivity contribution in [3.8, 4) is 11.1 Å². The molecule has 15 nitrogen and oxygen atoms in total. The first-order valence-corrected chi connectivity index (χ1v) is 20.1. The fourth-order valence-electron chi connectivity index (χ4n) is 6.63. The van der Waals surface area contributed by atoms with Crippen LogP contribution in [0.1, 0.15) is 64.5 Å². The molecule has 316 valence electrons. The van der Waals surface area contributed by atoms with Gasteiger partial charge in [-0.2, -0.15) is 0 Å². The summed E-state index contributed by atoms with van der Waals surface area (Å²) in [6, 6.07) is 14.0. The molecule has 2 aliphatic rings. The molecule has 1 saturated carbocycles. The highest BCUT2D eigenvalue weighted by Crippen LogP contribution is 2.45. The van der Waals surface area contributed by atoms with Gasteiger partial charge in [0.2, 0.25) is 17.8 Å². The normalized spacial score (nSPS) is 15.3. The number of esters is 1. The van der Waals surface area contributed by atoms with Crippen LogP contribution in [0, 0.1) is 5.92 Å². The van der Waals surface area contributed by atoms with E-state index in [4.69, 9.17) is 28.4 Å². The summed E-state index contributed by atoms with van der Waals surface area (Å²) in [5.74, 6) is 0.149. The molecule has 1 atom stereocenters. The molecule has 2 aromatic carbocycles. The third kappa shape index (κ3) is 14.4. The molecule has 1 aliphatic heterocycles. The Morgan fingerprint density at radius 2 is 1.33 bits per heavy atom. The highest BCUT2D eigenvalue weighted by Gasteiger charge is 2.42. The number of carbonyl (C=O) groups is 3. The quantitative estimate of drug-likeness (QED) is 0.0924. The lowest BCUT2D eigenvalue weighted by atomic mass is 9.98. The molecule has 0 saturated heterocycles. The van der Waals surface area contributed by atoms with Crippen LogP contribution in [0.2, 0.25) is 0 Å². The average molecular weight is 806 g/mol. The van der Waals surface area contributed by atoms with E-state index in [1.807, 2.05) is 62.1 Å². The Morgan fingerprint density at radius 3 is 1.88 bits per heavy atom. The number of anilines is 3. The number of benzene rings is 2. The molecule has 0 bridgehead atoms. The summed E-state index contributed by atoms with van der Waals surface area (Å²) in [7, 11) is 0. The van der Waals surface area contributed by atoms with Crippen LogP contribution in [-0.2, 0) is 56.0 Å². The minimum atomic E-state index is -0.495. The first-order valence-electron chi connectivity index (χ1n) is 20.1.